The van der Waals surface area contributed by atoms with E-state index in [1.54, 1.807) is 38.3 Å². The largest absolute Gasteiger partial charge is 0.497 e. The van der Waals surface area contributed by atoms with Gasteiger partial charge in [0.25, 0.3) is 5.91 Å². The second kappa shape index (κ2) is 7.82. The number of rotatable bonds is 6. The Balaban J connectivity index is 1.70. The fourth-order valence-corrected chi connectivity index (χ4v) is 2.64. The van der Waals surface area contributed by atoms with Crippen LogP contribution in [0.4, 0.5) is 4.39 Å². The van der Waals surface area contributed by atoms with Crippen LogP contribution < -0.4 is 10.1 Å². The highest BCUT2D eigenvalue weighted by atomic mass is 19.1. The first-order chi connectivity index (χ1) is 12.6. The minimum atomic E-state index is -0.276. The summed E-state index contributed by atoms with van der Waals surface area (Å²) in [6.45, 7) is 2.16. The number of hydrogen-bond acceptors (Lipinski definition) is 4. The molecule has 134 valence electrons. The minimum absolute atomic E-state index is 0.253. The number of benzene rings is 2. The number of nitrogens with zero attached hydrogens (tertiary/aromatic N) is 1. The molecule has 0 spiro atoms. The Morgan fingerprint density at radius 3 is 2.50 bits per heavy atom. The summed E-state index contributed by atoms with van der Waals surface area (Å²) in [5, 5.41) is 6.79. The first-order valence-corrected chi connectivity index (χ1v) is 8.22. The first-order valence-electron chi connectivity index (χ1n) is 8.22. The lowest BCUT2D eigenvalue weighted by molar-refractivity contribution is 0.0954. The van der Waals surface area contributed by atoms with Gasteiger partial charge in [-0.3, -0.25) is 4.79 Å². The maximum absolute atomic E-state index is 12.9. The molecule has 1 heterocycles. The van der Waals surface area contributed by atoms with E-state index in [4.69, 9.17) is 9.26 Å². The zero-order chi connectivity index (χ0) is 18.5. The molecule has 0 saturated heterocycles. The highest BCUT2D eigenvalue weighted by Gasteiger charge is 2.21. The zero-order valence-electron chi connectivity index (χ0n) is 14.6. The monoisotopic (exact) mass is 354 g/mol. The predicted molar refractivity (Wildman–Crippen MR) is 95.7 cm³/mol. The second-order valence-electron chi connectivity index (χ2n) is 5.83. The van der Waals surface area contributed by atoms with Crippen LogP contribution in [-0.4, -0.2) is 24.7 Å². The van der Waals surface area contributed by atoms with Gasteiger partial charge in [-0.25, -0.2) is 4.39 Å². The molecule has 1 N–H and O–H groups in total. The Hall–Kier alpha value is -3.15. The second-order valence-corrected chi connectivity index (χ2v) is 5.83. The molecule has 0 aliphatic rings. The van der Waals surface area contributed by atoms with Gasteiger partial charge in [0.15, 0.2) is 5.76 Å². The molecular weight excluding hydrogens is 335 g/mol. The third-order valence-corrected chi connectivity index (χ3v) is 4.05. The highest BCUT2D eigenvalue weighted by molar-refractivity contribution is 6.00. The van der Waals surface area contributed by atoms with Crippen molar-refractivity contribution in [2.24, 2.45) is 0 Å². The van der Waals surface area contributed by atoms with Crippen LogP contribution in [0, 0.1) is 12.7 Å². The lowest BCUT2D eigenvalue weighted by Gasteiger charge is -2.07. The summed E-state index contributed by atoms with van der Waals surface area (Å²) < 4.78 is 23.4. The van der Waals surface area contributed by atoms with E-state index < -0.39 is 0 Å². The minimum Gasteiger partial charge on any atom is -0.497 e. The number of amides is 1. The topological polar surface area (TPSA) is 64.4 Å². The van der Waals surface area contributed by atoms with Gasteiger partial charge in [0.05, 0.1) is 12.8 Å². The standard InChI is InChI=1S/C20H19FN2O3/c1-13-18(19(26-23-13)15-5-9-17(25-2)10-6-15)20(24)22-12-11-14-3-7-16(21)8-4-14/h3-10H,11-12H2,1-2H3,(H,22,24). The fraction of sp³-hybridized carbons (Fsp3) is 0.200. The Bertz CT molecular complexity index is 886. The molecule has 26 heavy (non-hydrogen) atoms. The molecule has 2 aromatic carbocycles. The van der Waals surface area contributed by atoms with Crippen LogP contribution in [0.25, 0.3) is 11.3 Å². The van der Waals surface area contributed by atoms with Gasteiger partial charge in [-0.15, -0.1) is 0 Å². The van der Waals surface area contributed by atoms with Crippen molar-refractivity contribution in [1.29, 1.82) is 0 Å². The van der Waals surface area contributed by atoms with Gasteiger partial charge in [0.2, 0.25) is 0 Å². The normalized spacial score (nSPS) is 10.6. The number of aryl methyl sites for hydroxylation is 1. The molecule has 1 aromatic heterocycles. The Labute approximate surface area is 150 Å². The van der Waals surface area contributed by atoms with Gasteiger partial charge < -0.3 is 14.6 Å². The predicted octanol–water partition coefficient (Wildman–Crippen LogP) is 3.77. The molecule has 0 aliphatic carbocycles. The van der Waals surface area contributed by atoms with E-state index in [1.165, 1.54) is 12.1 Å². The van der Waals surface area contributed by atoms with Gasteiger partial charge in [-0.05, 0) is 55.3 Å². The Kier molecular flexibility index (Phi) is 5.31. The number of aromatic nitrogens is 1. The summed E-state index contributed by atoms with van der Waals surface area (Å²) in [5.74, 6) is 0.610. The number of nitrogens with one attached hydrogen (secondary N) is 1. The van der Waals surface area contributed by atoms with Crippen molar-refractivity contribution in [3.05, 3.63) is 71.2 Å². The fourth-order valence-electron chi connectivity index (χ4n) is 2.64. The van der Waals surface area contributed by atoms with Crippen LogP contribution >= 0.6 is 0 Å². The van der Waals surface area contributed by atoms with E-state index in [1.807, 2.05) is 12.1 Å². The molecule has 0 saturated carbocycles. The first kappa shape index (κ1) is 17.7. The SMILES string of the molecule is COc1ccc(-c2onc(C)c2C(=O)NCCc2ccc(F)cc2)cc1. The quantitative estimate of drug-likeness (QED) is 0.732. The summed E-state index contributed by atoms with van der Waals surface area (Å²) in [6.07, 6.45) is 0.605. The third-order valence-electron chi connectivity index (χ3n) is 4.05. The van der Waals surface area contributed by atoms with E-state index >= 15 is 0 Å². The number of ether oxygens (including phenoxy) is 1. The van der Waals surface area contributed by atoms with Crippen LogP contribution in [0.2, 0.25) is 0 Å². The third kappa shape index (κ3) is 3.91. The van der Waals surface area contributed by atoms with Gasteiger partial charge >= 0.3 is 0 Å². The van der Waals surface area contributed by atoms with Gasteiger partial charge in [-0.2, -0.15) is 0 Å². The molecule has 1 amide bonds. The van der Waals surface area contributed by atoms with E-state index in [-0.39, 0.29) is 11.7 Å². The zero-order valence-corrected chi connectivity index (χ0v) is 14.6. The van der Waals surface area contributed by atoms with Crippen molar-refractivity contribution < 1.29 is 18.4 Å². The van der Waals surface area contributed by atoms with Gasteiger partial charge in [0.1, 0.15) is 17.1 Å². The Morgan fingerprint density at radius 1 is 1.15 bits per heavy atom. The highest BCUT2D eigenvalue weighted by Crippen LogP contribution is 2.27. The van der Waals surface area contributed by atoms with Gasteiger partial charge in [-0.1, -0.05) is 17.3 Å². The summed E-state index contributed by atoms with van der Waals surface area (Å²) in [7, 11) is 1.59. The Morgan fingerprint density at radius 2 is 1.85 bits per heavy atom. The molecule has 6 heteroatoms. The molecule has 0 aliphatic heterocycles. The van der Waals surface area contributed by atoms with Crippen LogP contribution in [0.1, 0.15) is 21.6 Å². The average Bonchev–Trinajstić information content (AvgIpc) is 3.05. The molecular formula is C20H19FN2O3. The lowest BCUT2D eigenvalue weighted by atomic mass is 10.1. The maximum Gasteiger partial charge on any atom is 0.257 e. The number of carbonyl (C=O) groups excluding carboxylic acids is 1. The van der Waals surface area contributed by atoms with Crippen molar-refractivity contribution in [3.63, 3.8) is 0 Å². The van der Waals surface area contributed by atoms with Crippen LogP contribution in [0.3, 0.4) is 0 Å². The number of methoxy groups -OCH3 is 1. The van der Waals surface area contributed by atoms with Crippen molar-refractivity contribution >= 4 is 5.91 Å². The molecule has 0 bridgehead atoms. The molecule has 0 atom stereocenters. The molecule has 3 aromatic rings. The van der Waals surface area contributed by atoms with Crippen molar-refractivity contribution in [3.8, 4) is 17.1 Å². The molecule has 3 rings (SSSR count). The smallest absolute Gasteiger partial charge is 0.257 e. The van der Waals surface area contributed by atoms with E-state index in [0.29, 0.717) is 30.0 Å². The van der Waals surface area contributed by atoms with Crippen LogP contribution in [0.5, 0.6) is 5.75 Å². The van der Waals surface area contributed by atoms with E-state index in [0.717, 1.165) is 16.9 Å². The van der Waals surface area contributed by atoms with Crippen molar-refractivity contribution in [2.45, 2.75) is 13.3 Å². The summed E-state index contributed by atoms with van der Waals surface area (Å²) in [4.78, 5) is 12.6. The summed E-state index contributed by atoms with van der Waals surface area (Å²) in [6, 6.07) is 13.4. The summed E-state index contributed by atoms with van der Waals surface area (Å²) >= 11 is 0. The molecule has 0 fully saturated rings. The molecule has 0 unspecified atom stereocenters. The van der Waals surface area contributed by atoms with Crippen molar-refractivity contribution in [2.75, 3.05) is 13.7 Å². The maximum atomic E-state index is 12.9. The number of carbonyl (C=O) groups is 1. The van der Waals surface area contributed by atoms with Gasteiger partial charge in [0, 0.05) is 12.1 Å². The van der Waals surface area contributed by atoms with E-state index in [9.17, 15) is 9.18 Å². The number of halogens is 1. The van der Waals surface area contributed by atoms with Crippen molar-refractivity contribution in [1.82, 2.24) is 10.5 Å². The number of hydrogen-bond donors (Lipinski definition) is 1. The van der Waals surface area contributed by atoms with Crippen LogP contribution in [0.15, 0.2) is 53.1 Å². The molecule has 5 nitrogen and oxygen atoms in total. The van der Waals surface area contributed by atoms with Crippen LogP contribution in [-0.2, 0) is 6.42 Å². The van der Waals surface area contributed by atoms with E-state index in [2.05, 4.69) is 10.5 Å². The molecule has 0 radical (unpaired) electrons. The lowest BCUT2D eigenvalue weighted by Crippen LogP contribution is -2.26. The average molecular weight is 354 g/mol. The summed E-state index contributed by atoms with van der Waals surface area (Å²) in [5.41, 5.74) is 2.63.